The van der Waals surface area contributed by atoms with Gasteiger partial charge in [0.2, 0.25) is 17.6 Å². The number of amides is 1. The van der Waals surface area contributed by atoms with E-state index < -0.39 is 0 Å². The molecule has 0 bridgehead atoms. The lowest BCUT2D eigenvalue weighted by Crippen LogP contribution is -2.30. The van der Waals surface area contributed by atoms with E-state index in [0.29, 0.717) is 24.6 Å². The Hall–Kier alpha value is -2.54. The summed E-state index contributed by atoms with van der Waals surface area (Å²) >= 11 is 1.68. The van der Waals surface area contributed by atoms with Gasteiger partial charge in [0.1, 0.15) is 0 Å². The number of hydrogen-bond donors (Lipinski definition) is 0. The first kappa shape index (κ1) is 16.0. The van der Waals surface area contributed by atoms with Gasteiger partial charge in [-0.3, -0.25) is 9.78 Å². The number of aromatic nitrogens is 3. The number of carbonyl (C=O) groups is 1. The first-order chi connectivity index (χ1) is 12.3. The van der Waals surface area contributed by atoms with Gasteiger partial charge in [-0.1, -0.05) is 5.16 Å². The first-order valence-corrected chi connectivity index (χ1v) is 9.30. The number of hydrogen-bond acceptors (Lipinski definition) is 6. The average Bonchev–Trinajstić information content (AvgIpc) is 3.41. The first-order valence-electron chi connectivity index (χ1n) is 8.36. The van der Waals surface area contributed by atoms with Crippen LogP contribution in [0.3, 0.4) is 0 Å². The average molecular weight is 354 g/mol. The molecule has 4 heterocycles. The molecule has 3 aromatic rings. The van der Waals surface area contributed by atoms with Crippen LogP contribution in [0.2, 0.25) is 0 Å². The van der Waals surface area contributed by atoms with E-state index in [9.17, 15) is 4.79 Å². The van der Waals surface area contributed by atoms with E-state index in [4.69, 9.17) is 4.52 Å². The summed E-state index contributed by atoms with van der Waals surface area (Å²) in [6.07, 6.45) is 6.32. The second kappa shape index (κ2) is 7.14. The summed E-state index contributed by atoms with van der Waals surface area (Å²) < 4.78 is 5.28. The number of rotatable bonds is 5. The van der Waals surface area contributed by atoms with Crippen LogP contribution in [0.1, 0.15) is 36.8 Å². The molecule has 1 aliphatic heterocycles. The summed E-state index contributed by atoms with van der Waals surface area (Å²) in [4.78, 5) is 23.0. The molecule has 0 spiro atoms. The molecular weight excluding hydrogens is 336 g/mol. The molecule has 4 rings (SSSR count). The number of aryl methyl sites for hydroxylation is 1. The van der Waals surface area contributed by atoms with Crippen molar-refractivity contribution in [2.45, 2.75) is 31.7 Å². The highest BCUT2D eigenvalue weighted by Crippen LogP contribution is 2.33. The Morgan fingerprint density at radius 1 is 1.32 bits per heavy atom. The van der Waals surface area contributed by atoms with Crippen molar-refractivity contribution in [3.05, 3.63) is 52.8 Å². The summed E-state index contributed by atoms with van der Waals surface area (Å²) in [6.45, 7) is 0.825. The molecule has 6 nitrogen and oxygen atoms in total. The Labute approximate surface area is 149 Å². The molecular formula is C18H18N4O2S. The van der Waals surface area contributed by atoms with Crippen LogP contribution < -0.4 is 0 Å². The van der Waals surface area contributed by atoms with E-state index in [2.05, 4.69) is 32.0 Å². The van der Waals surface area contributed by atoms with Gasteiger partial charge >= 0.3 is 0 Å². The third kappa shape index (κ3) is 3.46. The Balaban J connectivity index is 1.38. The van der Waals surface area contributed by atoms with Crippen molar-refractivity contribution in [1.29, 1.82) is 0 Å². The number of pyridine rings is 1. The number of carbonyl (C=O) groups excluding carboxylic acids is 1. The zero-order chi connectivity index (χ0) is 17.1. The van der Waals surface area contributed by atoms with Crippen LogP contribution >= 0.6 is 11.3 Å². The van der Waals surface area contributed by atoms with E-state index in [1.807, 2.05) is 17.0 Å². The molecule has 1 unspecified atom stereocenters. The lowest BCUT2D eigenvalue weighted by Gasteiger charge is -2.24. The molecule has 1 saturated heterocycles. The topological polar surface area (TPSA) is 72.1 Å². The number of nitrogens with zero attached hydrogens (tertiary/aromatic N) is 4. The predicted octanol–water partition coefficient (Wildman–Crippen LogP) is 3.49. The fourth-order valence-electron chi connectivity index (χ4n) is 3.21. The van der Waals surface area contributed by atoms with Crippen LogP contribution in [0, 0.1) is 0 Å². The molecule has 1 atom stereocenters. The predicted molar refractivity (Wildman–Crippen MR) is 93.9 cm³/mol. The molecule has 3 aromatic heterocycles. The third-order valence-electron chi connectivity index (χ3n) is 4.46. The van der Waals surface area contributed by atoms with E-state index in [1.165, 1.54) is 5.56 Å². The summed E-state index contributed by atoms with van der Waals surface area (Å²) in [5.41, 5.74) is 2.10. The fraction of sp³-hybridized carbons (Fsp3) is 0.333. The minimum atomic E-state index is 0.150. The third-order valence-corrected chi connectivity index (χ3v) is 5.16. The molecule has 128 valence electrons. The Morgan fingerprint density at radius 3 is 3.00 bits per heavy atom. The molecule has 25 heavy (non-hydrogen) atoms. The highest BCUT2D eigenvalue weighted by molar-refractivity contribution is 7.07. The Morgan fingerprint density at radius 2 is 2.20 bits per heavy atom. The Bertz CT molecular complexity index is 832. The van der Waals surface area contributed by atoms with E-state index in [1.54, 1.807) is 23.7 Å². The van der Waals surface area contributed by atoms with Gasteiger partial charge in [-0.2, -0.15) is 16.3 Å². The molecule has 1 aliphatic rings. The van der Waals surface area contributed by atoms with Crippen LogP contribution in [0.15, 0.2) is 45.9 Å². The number of likely N-dealkylation sites (tertiary alicyclic amines) is 1. The largest absolute Gasteiger partial charge is 0.339 e. The van der Waals surface area contributed by atoms with E-state index in [-0.39, 0.29) is 11.9 Å². The smallest absolute Gasteiger partial charge is 0.227 e. The van der Waals surface area contributed by atoms with Gasteiger partial charge in [0.15, 0.2) is 0 Å². The Kier molecular flexibility index (Phi) is 4.56. The summed E-state index contributed by atoms with van der Waals surface area (Å²) in [5, 5.41) is 8.18. The van der Waals surface area contributed by atoms with Crippen molar-refractivity contribution < 1.29 is 9.32 Å². The zero-order valence-electron chi connectivity index (χ0n) is 13.7. The fourth-order valence-corrected chi connectivity index (χ4v) is 3.92. The van der Waals surface area contributed by atoms with Crippen LogP contribution in [-0.4, -0.2) is 32.5 Å². The maximum atomic E-state index is 12.6. The second-order valence-corrected chi connectivity index (χ2v) is 6.83. The van der Waals surface area contributed by atoms with Gasteiger partial charge in [-0.25, -0.2) is 0 Å². The van der Waals surface area contributed by atoms with Crippen LogP contribution in [0.4, 0.5) is 0 Å². The van der Waals surface area contributed by atoms with Crippen LogP contribution in [0.25, 0.3) is 11.4 Å². The van der Waals surface area contributed by atoms with Gasteiger partial charge in [-0.05, 0) is 47.4 Å². The van der Waals surface area contributed by atoms with Crippen molar-refractivity contribution >= 4 is 17.2 Å². The summed E-state index contributed by atoms with van der Waals surface area (Å²) in [5.74, 6) is 1.17. The molecule has 0 N–H and O–H groups in total. The minimum absolute atomic E-state index is 0.150. The molecule has 0 aromatic carbocycles. The lowest BCUT2D eigenvalue weighted by atomic mass is 10.1. The lowest BCUT2D eigenvalue weighted by molar-refractivity contribution is -0.132. The van der Waals surface area contributed by atoms with Crippen molar-refractivity contribution in [1.82, 2.24) is 20.0 Å². The highest BCUT2D eigenvalue weighted by Gasteiger charge is 2.30. The molecule has 0 saturated carbocycles. The van der Waals surface area contributed by atoms with E-state index in [0.717, 1.165) is 24.9 Å². The molecule has 0 radical (unpaired) electrons. The number of thiophene rings is 1. The van der Waals surface area contributed by atoms with Gasteiger partial charge < -0.3 is 9.42 Å². The zero-order valence-corrected chi connectivity index (χ0v) is 14.5. The van der Waals surface area contributed by atoms with E-state index >= 15 is 0 Å². The maximum Gasteiger partial charge on any atom is 0.227 e. The summed E-state index contributed by atoms with van der Waals surface area (Å²) in [7, 11) is 0. The highest BCUT2D eigenvalue weighted by atomic mass is 32.1. The molecule has 0 aliphatic carbocycles. The molecule has 1 amide bonds. The molecule has 7 heteroatoms. The van der Waals surface area contributed by atoms with Crippen LogP contribution in [-0.2, 0) is 11.2 Å². The summed E-state index contributed by atoms with van der Waals surface area (Å²) in [6, 6.07) is 5.99. The van der Waals surface area contributed by atoms with Crippen molar-refractivity contribution in [2.75, 3.05) is 6.54 Å². The maximum absolute atomic E-state index is 12.6. The normalized spacial score (nSPS) is 17.1. The van der Waals surface area contributed by atoms with Crippen molar-refractivity contribution in [3.8, 4) is 11.4 Å². The van der Waals surface area contributed by atoms with Crippen molar-refractivity contribution in [3.63, 3.8) is 0 Å². The van der Waals surface area contributed by atoms with Gasteiger partial charge in [0.25, 0.3) is 0 Å². The van der Waals surface area contributed by atoms with Gasteiger partial charge in [0, 0.05) is 37.3 Å². The van der Waals surface area contributed by atoms with Gasteiger partial charge in [-0.15, -0.1) is 0 Å². The van der Waals surface area contributed by atoms with Gasteiger partial charge in [0.05, 0.1) is 6.04 Å². The monoisotopic (exact) mass is 354 g/mol. The quantitative estimate of drug-likeness (QED) is 0.701. The minimum Gasteiger partial charge on any atom is -0.339 e. The SMILES string of the molecule is O=C(CCc1nc(-c2ccncc2)no1)N1CCCC1c1ccsc1. The van der Waals surface area contributed by atoms with Crippen LogP contribution in [0.5, 0.6) is 0 Å². The second-order valence-electron chi connectivity index (χ2n) is 6.05. The van der Waals surface area contributed by atoms with Crippen molar-refractivity contribution in [2.24, 2.45) is 0 Å². The molecule has 1 fully saturated rings. The standard InChI is InChI=1S/C18H18N4O2S/c23-17(22-10-1-2-15(22)14-7-11-25-12-14)4-3-16-20-18(21-24-16)13-5-8-19-9-6-13/h5-9,11-12,15H,1-4,10H2.